The van der Waals surface area contributed by atoms with Gasteiger partial charge in [-0.15, -0.1) is 0 Å². The number of fused-ring (bicyclic) bond motifs is 1. The van der Waals surface area contributed by atoms with Crippen molar-refractivity contribution in [1.29, 1.82) is 0 Å². The summed E-state index contributed by atoms with van der Waals surface area (Å²) in [6.45, 7) is 1.87. The van der Waals surface area contributed by atoms with Crippen LogP contribution in [0.2, 0.25) is 5.02 Å². The number of hydrogen-bond acceptors (Lipinski definition) is 3. The summed E-state index contributed by atoms with van der Waals surface area (Å²) in [5, 5.41) is 0.962. The maximum atomic E-state index is 12.4. The molecule has 0 unspecified atom stereocenters. The number of pyridine rings is 1. The lowest BCUT2D eigenvalue weighted by Crippen LogP contribution is -2.15. The molecule has 0 aliphatic rings. The Bertz CT molecular complexity index is 931. The van der Waals surface area contributed by atoms with E-state index < -0.39 is 5.97 Å². The lowest BCUT2D eigenvalue weighted by atomic mass is 10.1. The average Bonchev–Trinajstić information content (AvgIpc) is 2.50. The van der Waals surface area contributed by atoms with Crippen LogP contribution in [0.15, 0.2) is 53.3 Å². The molecule has 0 saturated carbocycles. The van der Waals surface area contributed by atoms with Gasteiger partial charge in [-0.3, -0.25) is 4.79 Å². The Morgan fingerprint density at radius 2 is 1.91 bits per heavy atom. The molecule has 1 aromatic heterocycles. The minimum absolute atomic E-state index is 0.205. The summed E-state index contributed by atoms with van der Waals surface area (Å²) in [5.74, 6) is -0.342. The fraction of sp³-hybridized carbons (Fsp3) is 0.0588. The van der Waals surface area contributed by atoms with Crippen molar-refractivity contribution in [3.05, 3.63) is 75.0 Å². The van der Waals surface area contributed by atoms with E-state index in [9.17, 15) is 9.59 Å². The van der Waals surface area contributed by atoms with Gasteiger partial charge in [-0.05, 0) is 30.7 Å². The number of nitrogens with one attached hydrogen (secondary N) is 1. The van der Waals surface area contributed by atoms with Gasteiger partial charge in [-0.2, -0.15) is 0 Å². The van der Waals surface area contributed by atoms with E-state index in [1.165, 1.54) is 6.07 Å². The summed E-state index contributed by atoms with van der Waals surface area (Å²) < 4.78 is 5.35. The summed E-state index contributed by atoms with van der Waals surface area (Å²) in [6, 6.07) is 13.4. The third-order valence-electron chi connectivity index (χ3n) is 3.26. The number of H-pyrrole nitrogens is 1. The molecule has 4 nitrogen and oxygen atoms in total. The molecule has 3 rings (SSSR count). The largest absolute Gasteiger partial charge is 0.421 e. The third-order valence-corrected chi connectivity index (χ3v) is 3.57. The van der Waals surface area contributed by atoms with Gasteiger partial charge < -0.3 is 9.72 Å². The van der Waals surface area contributed by atoms with Crippen LogP contribution in [0.3, 0.4) is 0 Å². The molecule has 1 N–H and O–H groups in total. The van der Waals surface area contributed by atoms with Crippen LogP contribution in [0, 0.1) is 6.92 Å². The van der Waals surface area contributed by atoms with E-state index in [-0.39, 0.29) is 16.9 Å². The Labute approximate surface area is 131 Å². The number of ether oxygens (including phenoxy) is 1. The van der Waals surface area contributed by atoms with Crippen molar-refractivity contribution in [2.45, 2.75) is 6.92 Å². The first-order chi connectivity index (χ1) is 10.5. The van der Waals surface area contributed by atoms with Crippen molar-refractivity contribution < 1.29 is 9.53 Å². The predicted molar refractivity (Wildman–Crippen MR) is 85.7 cm³/mol. The zero-order chi connectivity index (χ0) is 15.7. The zero-order valence-corrected chi connectivity index (χ0v) is 12.5. The maximum Gasteiger partial charge on any atom is 0.344 e. The summed E-state index contributed by atoms with van der Waals surface area (Å²) >= 11 is 6.03. The summed E-state index contributed by atoms with van der Waals surface area (Å²) in [5.41, 5.74) is 1.35. The molecule has 0 bridgehead atoms. The van der Waals surface area contributed by atoms with Gasteiger partial charge in [0.1, 0.15) is 5.75 Å². The van der Waals surface area contributed by atoms with Crippen LogP contribution in [0.25, 0.3) is 10.9 Å². The van der Waals surface area contributed by atoms with Crippen LogP contribution in [0.4, 0.5) is 0 Å². The number of halogens is 1. The Hall–Kier alpha value is -2.59. The van der Waals surface area contributed by atoms with Crippen molar-refractivity contribution in [2.75, 3.05) is 0 Å². The summed E-state index contributed by atoms with van der Waals surface area (Å²) in [7, 11) is 0. The number of esters is 1. The highest BCUT2D eigenvalue weighted by molar-refractivity contribution is 6.32. The van der Waals surface area contributed by atoms with Crippen LogP contribution >= 0.6 is 11.6 Å². The first kappa shape index (κ1) is 14.4. The highest BCUT2D eigenvalue weighted by atomic mass is 35.5. The zero-order valence-electron chi connectivity index (χ0n) is 11.7. The van der Waals surface area contributed by atoms with Crippen molar-refractivity contribution >= 4 is 28.5 Å². The minimum atomic E-state index is -0.616. The molecule has 0 aliphatic carbocycles. The fourth-order valence-electron chi connectivity index (χ4n) is 2.22. The van der Waals surface area contributed by atoms with E-state index in [0.29, 0.717) is 15.9 Å². The van der Waals surface area contributed by atoms with Gasteiger partial charge in [0.2, 0.25) is 5.56 Å². The second-order valence-electron chi connectivity index (χ2n) is 4.92. The number of hydrogen-bond donors (Lipinski definition) is 1. The fourth-order valence-corrected chi connectivity index (χ4v) is 2.37. The molecule has 2 aromatic carbocycles. The van der Waals surface area contributed by atoms with Crippen LogP contribution in [-0.2, 0) is 0 Å². The molecule has 0 radical (unpaired) electrons. The minimum Gasteiger partial charge on any atom is -0.421 e. The molecule has 0 aliphatic heterocycles. The van der Waals surface area contributed by atoms with Crippen LogP contribution in [-0.4, -0.2) is 11.0 Å². The number of rotatable bonds is 2. The Balaban J connectivity index is 2.06. The molecule has 5 heteroatoms. The van der Waals surface area contributed by atoms with Gasteiger partial charge in [0.05, 0.1) is 10.6 Å². The lowest BCUT2D eigenvalue weighted by Gasteiger charge is -2.09. The van der Waals surface area contributed by atoms with E-state index >= 15 is 0 Å². The van der Waals surface area contributed by atoms with E-state index in [4.69, 9.17) is 16.3 Å². The number of carbonyl (C=O) groups excluding carboxylic acids is 1. The first-order valence-corrected chi connectivity index (χ1v) is 7.03. The predicted octanol–water partition coefficient (Wildman–Crippen LogP) is 3.71. The number of aromatic nitrogens is 1. The number of aromatic amines is 1. The standard InChI is InChI=1S/C17H12ClNO3/c1-10-6-7-13(18)15(8-10)22-17(21)12-9-16(20)19-14-5-3-2-4-11(12)14/h2-9H,1H3,(H,19,20). The second-order valence-corrected chi connectivity index (χ2v) is 5.32. The lowest BCUT2D eigenvalue weighted by molar-refractivity contribution is 0.0736. The van der Waals surface area contributed by atoms with Crippen molar-refractivity contribution in [3.8, 4) is 5.75 Å². The molecular weight excluding hydrogens is 302 g/mol. The van der Waals surface area contributed by atoms with E-state index in [0.717, 1.165) is 5.56 Å². The molecule has 110 valence electrons. The van der Waals surface area contributed by atoms with Crippen molar-refractivity contribution in [3.63, 3.8) is 0 Å². The molecule has 0 amide bonds. The number of para-hydroxylation sites is 1. The Morgan fingerprint density at radius 3 is 2.73 bits per heavy atom. The molecule has 1 heterocycles. The number of aryl methyl sites for hydroxylation is 1. The highest BCUT2D eigenvalue weighted by Gasteiger charge is 2.15. The molecule has 0 atom stereocenters. The molecule has 0 spiro atoms. The van der Waals surface area contributed by atoms with Gasteiger partial charge in [0, 0.05) is 17.0 Å². The topological polar surface area (TPSA) is 59.2 Å². The smallest absolute Gasteiger partial charge is 0.344 e. The highest BCUT2D eigenvalue weighted by Crippen LogP contribution is 2.26. The Kier molecular flexibility index (Phi) is 3.69. The molecule has 0 fully saturated rings. The van der Waals surface area contributed by atoms with Gasteiger partial charge in [0.25, 0.3) is 0 Å². The van der Waals surface area contributed by atoms with Crippen LogP contribution < -0.4 is 10.3 Å². The van der Waals surface area contributed by atoms with Crippen molar-refractivity contribution in [2.24, 2.45) is 0 Å². The Morgan fingerprint density at radius 1 is 1.14 bits per heavy atom. The van der Waals surface area contributed by atoms with E-state index in [2.05, 4.69) is 4.98 Å². The van der Waals surface area contributed by atoms with Gasteiger partial charge in [0.15, 0.2) is 0 Å². The van der Waals surface area contributed by atoms with Gasteiger partial charge in [-0.1, -0.05) is 35.9 Å². The second kappa shape index (κ2) is 5.66. The van der Waals surface area contributed by atoms with E-state index in [1.807, 2.05) is 13.0 Å². The molecular formula is C17H12ClNO3. The number of benzene rings is 2. The van der Waals surface area contributed by atoms with Crippen LogP contribution in [0.1, 0.15) is 15.9 Å². The van der Waals surface area contributed by atoms with E-state index in [1.54, 1.807) is 36.4 Å². The summed E-state index contributed by atoms with van der Waals surface area (Å²) in [4.78, 5) is 26.8. The third kappa shape index (κ3) is 2.73. The summed E-state index contributed by atoms with van der Waals surface area (Å²) in [6.07, 6.45) is 0. The number of carbonyl (C=O) groups is 1. The molecule has 3 aromatic rings. The van der Waals surface area contributed by atoms with Crippen molar-refractivity contribution in [1.82, 2.24) is 4.98 Å². The van der Waals surface area contributed by atoms with Gasteiger partial charge in [-0.25, -0.2) is 4.79 Å². The normalized spacial score (nSPS) is 10.6. The van der Waals surface area contributed by atoms with Crippen LogP contribution in [0.5, 0.6) is 5.75 Å². The maximum absolute atomic E-state index is 12.4. The van der Waals surface area contributed by atoms with Gasteiger partial charge >= 0.3 is 5.97 Å². The SMILES string of the molecule is Cc1ccc(Cl)c(OC(=O)c2cc(=O)[nH]c3ccccc23)c1. The average molecular weight is 314 g/mol. The monoisotopic (exact) mass is 313 g/mol. The molecule has 0 saturated heterocycles. The quantitative estimate of drug-likeness (QED) is 0.579. The first-order valence-electron chi connectivity index (χ1n) is 6.65. The molecule has 22 heavy (non-hydrogen) atoms.